The third kappa shape index (κ3) is 2.77. The quantitative estimate of drug-likeness (QED) is 0.892. The Labute approximate surface area is 117 Å². The highest BCUT2D eigenvalue weighted by Gasteiger charge is 2.28. The van der Waals surface area contributed by atoms with Crippen LogP contribution < -0.4 is 0 Å². The number of hydrogen-bond donors (Lipinski definition) is 2. The fraction of sp³-hybridized carbons (Fsp3) is 0.692. The van der Waals surface area contributed by atoms with Gasteiger partial charge in [-0.3, -0.25) is 0 Å². The number of carboxylic acids is 1. The molecule has 1 fully saturated rings. The molecule has 0 radical (unpaired) electrons. The van der Waals surface area contributed by atoms with E-state index >= 15 is 0 Å². The van der Waals surface area contributed by atoms with Crippen molar-refractivity contribution in [2.24, 2.45) is 5.92 Å². The van der Waals surface area contributed by atoms with Crippen molar-refractivity contribution in [3.8, 4) is 0 Å². The van der Waals surface area contributed by atoms with Gasteiger partial charge in [-0.1, -0.05) is 18.5 Å². The maximum Gasteiger partial charge on any atom is 0.340 e. The highest BCUT2D eigenvalue weighted by molar-refractivity contribution is 6.32. The molecule has 0 aromatic carbocycles. The van der Waals surface area contributed by atoms with Gasteiger partial charge in [0.25, 0.3) is 0 Å². The van der Waals surface area contributed by atoms with Crippen molar-refractivity contribution in [3.63, 3.8) is 0 Å². The van der Waals surface area contributed by atoms with E-state index in [-0.39, 0.29) is 23.4 Å². The van der Waals surface area contributed by atoms with Crippen LogP contribution >= 0.6 is 11.6 Å². The Bertz CT molecular complexity index is 465. The molecule has 1 aliphatic rings. The normalized spacial score (nSPS) is 23.5. The second-order valence-corrected chi connectivity index (χ2v) is 5.43. The van der Waals surface area contributed by atoms with Gasteiger partial charge < -0.3 is 10.2 Å². The smallest absolute Gasteiger partial charge is 0.340 e. The molecule has 5 nitrogen and oxygen atoms in total. The molecule has 106 valence electrons. The zero-order chi connectivity index (χ0) is 14.0. The van der Waals surface area contributed by atoms with Gasteiger partial charge in [0.1, 0.15) is 10.7 Å². The van der Waals surface area contributed by atoms with E-state index in [0.717, 1.165) is 25.7 Å². The summed E-state index contributed by atoms with van der Waals surface area (Å²) in [6, 6.07) is 0.147. The summed E-state index contributed by atoms with van der Waals surface area (Å²) in [6.45, 7) is 2.10. The number of nitrogens with zero attached hydrogens (tertiary/aromatic N) is 2. The van der Waals surface area contributed by atoms with Crippen LogP contribution in [0.4, 0.5) is 0 Å². The lowest BCUT2D eigenvalue weighted by molar-refractivity contribution is 0.0695. The molecule has 1 heterocycles. The summed E-state index contributed by atoms with van der Waals surface area (Å²) in [4.78, 5) is 11.2. The first kappa shape index (κ1) is 14.3. The molecule has 19 heavy (non-hydrogen) atoms. The molecule has 6 heteroatoms. The molecule has 1 saturated carbocycles. The van der Waals surface area contributed by atoms with E-state index < -0.39 is 5.97 Å². The number of aliphatic hydroxyl groups excluding tert-OH is 1. The van der Waals surface area contributed by atoms with Crippen LogP contribution in [0.1, 0.15) is 54.7 Å². The number of hydrogen-bond acceptors (Lipinski definition) is 3. The minimum absolute atomic E-state index is 0.133. The van der Waals surface area contributed by atoms with Crippen LogP contribution in [-0.2, 0) is 6.42 Å². The van der Waals surface area contributed by atoms with Crippen molar-refractivity contribution >= 4 is 17.6 Å². The molecule has 0 aliphatic heterocycles. The minimum atomic E-state index is -1.02. The van der Waals surface area contributed by atoms with Crippen LogP contribution in [0.5, 0.6) is 0 Å². The molecule has 0 atom stereocenters. The molecule has 1 aromatic rings. The van der Waals surface area contributed by atoms with Gasteiger partial charge in [0.2, 0.25) is 0 Å². The number of aryl methyl sites for hydroxylation is 1. The van der Waals surface area contributed by atoms with Crippen molar-refractivity contribution < 1.29 is 15.0 Å². The molecule has 0 saturated heterocycles. The number of aliphatic hydroxyl groups is 1. The van der Waals surface area contributed by atoms with Crippen molar-refractivity contribution in [3.05, 3.63) is 16.4 Å². The SMILES string of the molecule is CCc1nn(C2CCC(CO)CC2)c(Cl)c1C(=O)O. The van der Waals surface area contributed by atoms with Crippen LogP contribution in [-0.4, -0.2) is 32.6 Å². The number of aromatic nitrogens is 2. The van der Waals surface area contributed by atoms with E-state index in [2.05, 4.69) is 5.10 Å². The number of rotatable bonds is 4. The predicted molar refractivity (Wildman–Crippen MR) is 71.7 cm³/mol. The molecule has 0 spiro atoms. The van der Waals surface area contributed by atoms with E-state index in [1.165, 1.54) is 0 Å². The Morgan fingerprint density at radius 2 is 2.05 bits per heavy atom. The zero-order valence-corrected chi connectivity index (χ0v) is 11.7. The minimum Gasteiger partial charge on any atom is -0.478 e. The van der Waals surface area contributed by atoms with Crippen LogP contribution in [0, 0.1) is 5.92 Å². The van der Waals surface area contributed by atoms with E-state index in [4.69, 9.17) is 16.7 Å². The summed E-state index contributed by atoms with van der Waals surface area (Å²) in [5, 5.41) is 22.9. The number of halogens is 1. The summed E-state index contributed by atoms with van der Waals surface area (Å²) in [5.41, 5.74) is 0.676. The second-order valence-electron chi connectivity index (χ2n) is 5.07. The van der Waals surface area contributed by atoms with Gasteiger partial charge >= 0.3 is 5.97 Å². The van der Waals surface area contributed by atoms with Gasteiger partial charge in [0.05, 0.1) is 11.7 Å². The van der Waals surface area contributed by atoms with Gasteiger partial charge in [-0.2, -0.15) is 5.10 Å². The van der Waals surface area contributed by atoms with Crippen molar-refractivity contribution in [2.45, 2.75) is 45.1 Å². The molecule has 0 amide bonds. The molecule has 1 aliphatic carbocycles. The lowest BCUT2D eigenvalue weighted by Gasteiger charge is -2.27. The summed E-state index contributed by atoms with van der Waals surface area (Å²) < 4.78 is 1.66. The maximum atomic E-state index is 11.2. The summed E-state index contributed by atoms with van der Waals surface area (Å²) in [7, 11) is 0. The Morgan fingerprint density at radius 1 is 1.42 bits per heavy atom. The van der Waals surface area contributed by atoms with E-state index in [0.29, 0.717) is 18.0 Å². The lowest BCUT2D eigenvalue weighted by Crippen LogP contribution is -2.21. The first-order valence-corrected chi connectivity index (χ1v) is 7.07. The van der Waals surface area contributed by atoms with Gasteiger partial charge in [-0.15, -0.1) is 0 Å². The lowest BCUT2D eigenvalue weighted by atomic mass is 9.87. The zero-order valence-electron chi connectivity index (χ0n) is 11.0. The standard InChI is InChI=1S/C13H19ClN2O3/c1-2-10-11(13(18)19)12(14)16(15-10)9-5-3-8(7-17)4-6-9/h8-9,17H,2-7H2,1H3,(H,18,19). The molecule has 2 rings (SSSR count). The second kappa shape index (κ2) is 5.92. The van der Waals surface area contributed by atoms with Crippen molar-refractivity contribution in [2.75, 3.05) is 6.61 Å². The fourth-order valence-electron chi connectivity index (χ4n) is 2.73. The largest absolute Gasteiger partial charge is 0.478 e. The van der Waals surface area contributed by atoms with Gasteiger partial charge in [0.15, 0.2) is 0 Å². The average Bonchev–Trinajstić information content (AvgIpc) is 2.76. The maximum absolute atomic E-state index is 11.2. The molecule has 0 unspecified atom stereocenters. The number of aromatic carboxylic acids is 1. The summed E-state index contributed by atoms with van der Waals surface area (Å²) >= 11 is 6.18. The first-order chi connectivity index (χ1) is 9.08. The average molecular weight is 287 g/mol. The topological polar surface area (TPSA) is 75.3 Å². The highest BCUT2D eigenvalue weighted by Crippen LogP contribution is 2.35. The number of carboxylic acid groups (broad SMARTS) is 1. The predicted octanol–water partition coefficient (Wildman–Crippen LogP) is 2.52. The molecule has 0 bridgehead atoms. The monoisotopic (exact) mass is 286 g/mol. The molecule has 2 N–H and O–H groups in total. The molecular weight excluding hydrogens is 268 g/mol. The number of carbonyl (C=O) groups is 1. The van der Waals surface area contributed by atoms with Gasteiger partial charge in [-0.25, -0.2) is 9.48 Å². The summed E-state index contributed by atoms with van der Waals surface area (Å²) in [6.07, 6.45) is 4.19. The third-order valence-corrected chi connectivity index (χ3v) is 4.26. The van der Waals surface area contributed by atoms with Gasteiger partial charge in [0, 0.05) is 6.61 Å². The fourth-order valence-corrected chi connectivity index (χ4v) is 3.10. The molecule has 1 aromatic heterocycles. The highest BCUT2D eigenvalue weighted by atomic mass is 35.5. The van der Waals surface area contributed by atoms with E-state index in [1.54, 1.807) is 4.68 Å². The van der Waals surface area contributed by atoms with Gasteiger partial charge in [-0.05, 0) is 38.0 Å². The Kier molecular flexibility index (Phi) is 4.47. The Hall–Kier alpha value is -1.07. The third-order valence-electron chi connectivity index (χ3n) is 3.89. The van der Waals surface area contributed by atoms with Crippen molar-refractivity contribution in [1.82, 2.24) is 9.78 Å². The van der Waals surface area contributed by atoms with Crippen LogP contribution in [0.3, 0.4) is 0 Å². The first-order valence-electron chi connectivity index (χ1n) is 6.69. The van der Waals surface area contributed by atoms with E-state index in [1.807, 2.05) is 6.92 Å². The van der Waals surface area contributed by atoms with Crippen LogP contribution in [0.15, 0.2) is 0 Å². The van der Waals surface area contributed by atoms with E-state index in [9.17, 15) is 9.90 Å². The van der Waals surface area contributed by atoms with Crippen LogP contribution in [0.25, 0.3) is 0 Å². The van der Waals surface area contributed by atoms with Crippen molar-refractivity contribution in [1.29, 1.82) is 0 Å². The molecular formula is C13H19ClN2O3. The Balaban J connectivity index is 2.24. The Morgan fingerprint density at radius 3 is 2.47 bits per heavy atom. The van der Waals surface area contributed by atoms with Crippen LogP contribution in [0.2, 0.25) is 5.15 Å². The summed E-state index contributed by atoms with van der Waals surface area (Å²) in [5.74, 6) is -0.660.